The van der Waals surface area contributed by atoms with Gasteiger partial charge in [-0.25, -0.2) is 0 Å². The first-order valence-corrected chi connectivity index (χ1v) is 8.12. The third-order valence-corrected chi connectivity index (χ3v) is 3.69. The molecule has 0 aliphatic rings. The van der Waals surface area contributed by atoms with Crippen molar-refractivity contribution in [2.24, 2.45) is 5.10 Å². The van der Waals surface area contributed by atoms with Crippen LogP contribution in [0, 0.1) is 10.1 Å². The van der Waals surface area contributed by atoms with Gasteiger partial charge in [-0.1, -0.05) is 48.5 Å². The van der Waals surface area contributed by atoms with Gasteiger partial charge in [0.05, 0.1) is 11.1 Å². The molecule has 0 fully saturated rings. The number of para-hydroxylation sites is 1. The number of carbonyl (C=O) groups is 1. The average molecular weight is 360 g/mol. The third-order valence-electron chi connectivity index (χ3n) is 3.69. The van der Waals surface area contributed by atoms with Crippen LogP contribution in [0.5, 0.6) is 0 Å². The average Bonchev–Trinajstić information content (AvgIpc) is 2.69. The van der Waals surface area contributed by atoms with E-state index in [0.29, 0.717) is 5.69 Å². The van der Waals surface area contributed by atoms with E-state index in [1.807, 2.05) is 36.4 Å². The van der Waals surface area contributed by atoms with Gasteiger partial charge in [0.25, 0.3) is 11.6 Å². The van der Waals surface area contributed by atoms with Crippen molar-refractivity contribution in [1.29, 1.82) is 0 Å². The Morgan fingerprint density at radius 3 is 2.30 bits per heavy atom. The molecule has 3 aromatic rings. The van der Waals surface area contributed by atoms with Crippen molar-refractivity contribution in [3.63, 3.8) is 0 Å². The molecular weight excluding hydrogens is 344 g/mol. The number of hydrogen-bond acceptors (Lipinski definition) is 5. The Balaban J connectivity index is 1.77. The minimum absolute atomic E-state index is 0.183. The lowest BCUT2D eigenvalue weighted by Crippen LogP contribution is -2.12. The van der Waals surface area contributed by atoms with E-state index in [2.05, 4.69) is 15.8 Å². The fourth-order valence-corrected chi connectivity index (χ4v) is 2.36. The number of nitro groups is 1. The van der Waals surface area contributed by atoms with Crippen LogP contribution in [0.15, 0.2) is 84.0 Å². The number of amides is 1. The Bertz CT molecular complexity index is 973. The number of anilines is 2. The van der Waals surface area contributed by atoms with Crippen molar-refractivity contribution in [3.8, 4) is 0 Å². The number of carbonyl (C=O) groups excluding carboxylic acids is 1. The lowest BCUT2D eigenvalue weighted by atomic mass is 10.1. The van der Waals surface area contributed by atoms with Crippen molar-refractivity contribution in [2.45, 2.75) is 0 Å². The fraction of sp³-hybridized carbons (Fsp3) is 0. The second kappa shape index (κ2) is 8.39. The van der Waals surface area contributed by atoms with Crippen LogP contribution in [0.2, 0.25) is 0 Å². The molecule has 7 heteroatoms. The molecule has 0 radical (unpaired) electrons. The summed E-state index contributed by atoms with van der Waals surface area (Å²) in [5.41, 5.74) is 4.27. The van der Waals surface area contributed by atoms with Crippen LogP contribution in [0.3, 0.4) is 0 Å². The lowest BCUT2D eigenvalue weighted by molar-refractivity contribution is -0.384. The van der Waals surface area contributed by atoms with E-state index >= 15 is 0 Å². The molecule has 0 aliphatic carbocycles. The van der Waals surface area contributed by atoms with Crippen LogP contribution >= 0.6 is 0 Å². The molecule has 2 N–H and O–H groups in total. The second-order valence-electron chi connectivity index (χ2n) is 5.59. The molecule has 0 aromatic heterocycles. The Morgan fingerprint density at radius 1 is 0.963 bits per heavy atom. The number of hydrogen-bond donors (Lipinski definition) is 2. The van der Waals surface area contributed by atoms with Crippen molar-refractivity contribution >= 4 is 29.2 Å². The second-order valence-corrected chi connectivity index (χ2v) is 5.59. The smallest absolute Gasteiger partial charge is 0.294 e. The minimum atomic E-state index is -0.556. The highest BCUT2D eigenvalue weighted by Crippen LogP contribution is 2.26. The van der Waals surface area contributed by atoms with Crippen LogP contribution in [-0.2, 0) is 0 Å². The number of nitrogens with zero attached hydrogens (tertiary/aromatic N) is 2. The molecule has 0 spiro atoms. The summed E-state index contributed by atoms with van der Waals surface area (Å²) in [6.07, 6.45) is 1.56. The van der Waals surface area contributed by atoms with Crippen LogP contribution < -0.4 is 10.7 Å². The first-order valence-electron chi connectivity index (χ1n) is 8.12. The van der Waals surface area contributed by atoms with Gasteiger partial charge in [-0.15, -0.1) is 0 Å². The fourth-order valence-electron chi connectivity index (χ4n) is 2.36. The Labute approximate surface area is 155 Å². The van der Waals surface area contributed by atoms with Gasteiger partial charge in [0.1, 0.15) is 5.69 Å². The van der Waals surface area contributed by atoms with Crippen LogP contribution in [0.1, 0.15) is 15.9 Å². The molecule has 0 atom stereocenters. The van der Waals surface area contributed by atoms with E-state index in [1.165, 1.54) is 18.2 Å². The zero-order valence-corrected chi connectivity index (χ0v) is 14.2. The number of hydrazone groups is 1. The van der Waals surface area contributed by atoms with Gasteiger partial charge in [0, 0.05) is 17.3 Å². The first kappa shape index (κ1) is 17.8. The van der Waals surface area contributed by atoms with Gasteiger partial charge in [-0.2, -0.15) is 5.10 Å². The van der Waals surface area contributed by atoms with E-state index in [1.54, 1.807) is 30.5 Å². The van der Waals surface area contributed by atoms with Crippen molar-refractivity contribution in [1.82, 2.24) is 0 Å². The van der Waals surface area contributed by atoms with Crippen LogP contribution in [-0.4, -0.2) is 17.0 Å². The van der Waals surface area contributed by atoms with Crippen molar-refractivity contribution in [2.75, 3.05) is 10.7 Å². The SMILES string of the molecule is O=C(Nc1ccccc1)c1ccc(N/N=C/c2ccccc2)c([N+](=O)[O-])c1. The number of nitro benzene ring substituents is 1. The molecule has 3 rings (SSSR count). The highest BCUT2D eigenvalue weighted by Gasteiger charge is 2.17. The summed E-state index contributed by atoms with van der Waals surface area (Å²) in [5.74, 6) is -0.427. The van der Waals surface area contributed by atoms with Crippen molar-refractivity contribution < 1.29 is 9.72 Å². The topological polar surface area (TPSA) is 96.6 Å². The molecule has 27 heavy (non-hydrogen) atoms. The van der Waals surface area contributed by atoms with E-state index in [9.17, 15) is 14.9 Å². The first-order chi connectivity index (χ1) is 13.1. The zero-order valence-electron chi connectivity index (χ0n) is 14.2. The summed E-state index contributed by atoms with van der Waals surface area (Å²) in [5, 5.41) is 18.1. The maximum absolute atomic E-state index is 12.3. The number of rotatable bonds is 6. The number of benzene rings is 3. The molecule has 0 unspecified atom stereocenters. The van der Waals surface area contributed by atoms with Crippen LogP contribution in [0.25, 0.3) is 0 Å². The van der Waals surface area contributed by atoms with E-state index in [4.69, 9.17) is 0 Å². The molecule has 0 bridgehead atoms. The Kier molecular flexibility index (Phi) is 5.54. The monoisotopic (exact) mass is 360 g/mol. The maximum atomic E-state index is 12.3. The van der Waals surface area contributed by atoms with Gasteiger partial charge in [0.2, 0.25) is 0 Å². The lowest BCUT2D eigenvalue weighted by Gasteiger charge is -2.07. The molecule has 0 aliphatic heterocycles. The van der Waals surface area contributed by atoms with Gasteiger partial charge in [-0.3, -0.25) is 20.3 Å². The van der Waals surface area contributed by atoms with Gasteiger partial charge in [0.15, 0.2) is 0 Å². The Morgan fingerprint density at radius 2 is 1.63 bits per heavy atom. The quantitative estimate of drug-likeness (QED) is 0.389. The summed E-state index contributed by atoms with van der Waals surface area (Å²) < 4.78 is 0. The minimum Gasteiger partial charge on any atom is -0.322 e. The summed E-state index contributed by atoms with van der Waals surface area (Å²) in [7, 11) is 0. The molecule has 1 amide bonds. The third kappa shape index (κ3) is 4.76. The van der Waals surface area contributed by atoms with E-state index in [-0.39, 0.29) is 16.9 Å². The van der Waals surface area contributed by atoms with Gasteiger partial charge < -0.3 is 5.32 Å². The molecular formula is C20H16N4O3. The van der Waals surface area contributed by atoms with Gasteiger partial charge in [-0.05, 0) is 29.8 Å². The summed E-state index contributed by atoms with van der Waals surface area (Å²) in [6.45, 7) is 0. The van der Waals surface area contributed by atoms with Crippen LogP contribution in [0.4, 0.5) is 17.1 Å². The Hall–Kier alpha value is -4.00. The maximum Gasteiger partial charge on any atom is 0.294 e. The molecule has 134 valence electrons. The predicted octanol–water partition coefficient (Wildman–Crippen LogP) is 4.29. The largest absolute Gasteiger partial charge is 0.322 e. The number of nitrogens with one attached hydrogen (secondary N) is 2. The molecule has 7 nitrogen and oxygen atoms in total. The molecule has 0 heterocycles. The highest BCUT2D eigenvalue weighted by molar-refractivity contribution is 6.05. The zero-order chi connectivity index (χ0) is 19.1. The molecule has 3 aromatic carbocycles. The molecule has 0 saturated carbocycles. The standard InChI is InChI=1S/C20H16N4O3/c25-20(22-17-9-5-2-6-10-17)16-11-12-18(19(13-16)24(26)27)23-21-14-15-7-3-1-4-8-15/h1-14,23H,(H,22,25)/b21-14+. The summed E-state index contributed by atoms with van der Waals surface area (Å²) >= 11 is 0. The molecule has 0 saturated heterocycles. The normalized spacial score (nSPS) is 10.5. The van der Waals surface area contributed by atoms with E-state index < -0.39 is 10.8 Å². The summed E-state index contributed by atoms with van der Waals surface area (Å²) in [6, 6.07) is 22.4. The predicted molar refractivity (Wildman–Crippen MR) is 105 cm³/mol. The highest BCUT2D eigenvalue weighted by atomic mass is 16.6. The van der Waals surface area contributed by atoms with Gasteiger partial charge >= 0.3 is 0 Å². The van der Waals surface area contributed by atoms with E-state index in [0.717, 1.165) is 5.56 Å². The summed E-state index contributed by atoms with van der Waals surface area (Å²) in [4.78, 5) is 23.1. The van der Waals surface area contributed by atoms with Crippen molar-refractivity contribution in [3.05, 3.63) is 100 Å².